The number of nitrogens with one attached hydrogen (secondary N) is 1. The summed E-state index contributed by atoms with van der Waals surface area (Å²) in [6.07, 6.45) is 10.4. The fourth-order valence-corrected chi connectivity index (χ4v) is 3.81. The predicted octanol–water partition coefficient (Wildman–Crippen LogP) is 4.89. The lowest BCUT2D eigenvalue weighted by molar-refractivity contribution is 0.668. The molecule has 0 atom stereocenters. The van der Waals surface area contributed by atoms with Gasteiger partial charge in [-0.05, 0) is 50.2 Å². The molecule has 1 saturated carbocycles. The van der Waals surface area contributed by atoms with Gasteiger partial charge >= 0.3 is 0 Å². The summed E-state index contributed by atoms with van der Waals surface area (Å²) in [5, 5.41) is 5.19. The van der Waals surface area contributed by atoms with Crippen molar-refractivity contribution in [2.75, 3.05) is 5.32 Å². The van der Waals surface area contributed by atoms with Crippen LogP contribution >= 0.6 is 12.4 Å². The molecule has 0 spiro atoms. The number of halogens is 1. The summed E-state index contributed by atoms with van der Waals surface area (Å²) in [7, 11) is 0. The molecule has 4 rings (SSSR count). The monoisotopic (exact) mass is 302 g/mol. The molecule has 2 aliphatic carbocycles. The quantitative estimate of drug-likeness (QED) is 0.854. The number of para-hydroxylation sites is 1. The van der Waals surface area contributed by atoms with E-state index in [1.165, 1.54) is 67.3 Å². The van der Waals surface area contributed by atoms with E-state index in [0.717, 1.165) is 11.9 Å². The molecule has 21 heavy (non-hydrogen) atoms. The number of rotatable bonds is 2. The number of aromatic nitrogens is 1. The van der Waals surface area contributed by atoms with Crippen LogP contribution in [0.15, 0.2) is 24.3 Å². The van der Waals surface area contributed by atoms with E-state index in [-0.39, 0.29) is 12.4 Å². The Kier molecular flexibility index (Phi) is 4.34. The van der Waals surface area contributed by atoms with Gasteiger partial charge in [0, 0.05) is 22.8 Å². The Morgan fingerprint density at radius 3 is 2.57 bits per heavy atom. The van der Waals surface area contributed by atoms with E-state index in [9.17, 15) is 0 Å². The maximum Gasteiger partial charge on any atom is 0.0726 e. The number of benzene rings is 1. The largest absolute Gasteiger partial charge is 0.381 e. The van der Waals surface area contributed by atoms with Gasteiger partial charge in [0.1, 0.15) is 0 Å². The normalized spacial score (nSPS) is 18.3. The number of hydrogen-bond donors (Lipinski definition) is 1. The van der Waals surface area contributed by atoms with Crippen molar-refractivity contribution in [3.8, 4) is 0 Å². The van der Waals surface area contributed by atoms with Gasteiger partial charge in [-0.3, -0.25) is 4.98 Å². The first kappa shape index (κ1) is 14.6. The van der Waals surface area contributed by atoms with E-state index in [0.29, 0.717) is 6.04 Å². The zero-order valence-electron chi connectivity index (χ0n) is 12.4. The zero-order chi connectivity index (χ0) is 13.4. The van der Waals surface area contributed by atoms with Crippen LogP contribution in [-0.4, -0.2) is 11.0 Å². The average molecular weight is 303 g/mol. The molecule has 112 valence electrons. The molecule has 0 amide bonds. The lowest BCUT2D eigenvalue weighted by Gasteiger charge is -2.24. The van der Waals surface area contributed by atoms with E-state index in [1.54, 1.807) is 0 Å². The van der Waals surface area contributed by atoms with Crippen LogP contribution in [0.5, 0.6) is 0 Å². The maximum atomic E-state index is 4.91. The molecule has 0 bridgehead atoms. The van der Waals surface area contributed by atoms with Crippen molar-refractivity contribution in [2.24, 2.45) is 0 Å². The maximum absolute atomic E-state index is 4.91. The molecule has 1 aromatic carbocycles. The second kappa shape index (κ2) is 6.23. The van der Waals surface area contributed by atoms with Gasteiger partial charge in [-0.1, -0.05) is 31.0 Å². The summed E-state index contributed by atoms with van der Waals surface area (Å²) in [5.74, 6) is 0. The molecule has 0 aliphatic heterocycles. The van der Waals surface area contributed by atoms with E-state index >= 15 is 0 Å². The Labute approximate surface area is 132 Å². The minimum Gasteiger partial charge on any atom is -0.381 e. The minimum atomic E-state index is 0. The third-order valence-electron chi connectivity index (χ3n) is 4.87. The first-order valence-electron chi connectivity index (χ1n) is 8.09. The third kappa shape index (κ3) is 2.74. The Morgan fingerprint density at radius 2 is 1.71 bits per heavy atom. The molecule has 2 aromatic rings. The van der Waals surface area contributed by atoms with Gasteiger partial charge in [-0.15, -0.1) is 12.4 Å². The van der Waals surface area contributed by atoms with Crippen molar-refractivity contribution < 1.29 is 0 Å². The van der Waals surface area contributed by atoms with Crippen LogP contribution in [0.25, 0.3) is 10.9 Å². The molecule has 1 heterocycles. The predicted molar refractivity (Wildman–Crippen MR) is 91.5 cm³/mol. The number of hydrogen-bond acceptors (Lipinski definition) is 2. The van der Waals surface area contributed by atoms with Gasteiger partial charge in [0.05, 0.1) is 5.52 Å². The second-order valence-corrected chi connectivity index (χ2v) is 6.26. The summed E-state index contributed by atoms with van der Waals surface area (Å²) in [5.41, 5.74) is 5.41. The number of nitrogens with zero attached hydrogens (tertiary/aromatic N) is 1. The molecule has 0 radical (unpaired) electrons. The standard InChI is InChI=1S/C18H22N2.ClH/c1-2-8-13(7-1)19-18-14-9-3-5-11-16(14)20-17-12-6-4-10-15(17)18;/h3,5,9,11,13H,1-2,4,6-8,10,12H2,(H,19,20);1H. The van der Waals surface area contributed by atoms with Crippen LogP contribution in [0.1, 0.15) is 49.8 Å². The highest BCUT2D eigenvalue weighted by atomic mass is 35.5. The summed E-state index contributed by atoms with van der Waals surface area (Å²) >= 11 is 0. The van der Waals surface area contributed by atoms with Crippen molar-refractivity contribution in [1.29, 1.82) is 0 Å². The summed E-state index contributed by atoms with van der Waals surface area (Å²) in [6, 6.07) is 9.30. The van der Waals surface area contributed by atoms with Crippen molar-refractivity contribution >= 4 is 29.0 Å². The minimum absolute atomic E-state index is 0. The lowest BCUT2D eigenvalue weighted by atomic mass is 9.92. The number of pyridine rings is 1. The van der Waals surface area contributed by atoms with E-state index in [4.69, 9.17) is 4.98 Å². The topological polar surface area (TPSA) is 24.9 Å². The van der Waals surface area contributed by atoms with Crippen molar-refractivity contribution in [3.05, 3.63) is 35.5 Å². The first-order chi connectivity index (χ1) is 9.92. The highest BCUT2D eigenvalue weighted by Gasteiger charge is 2.21. The SMILES string of the molecule is Cl.c1ccc2c(NC3CCCC3)c3c(nc2c1)CCCC3. The second-order valence-electron chi connectivity index (χ2n) is 6.26. The summed E-state index contributed by atoms with van der Waals surface area (Å²) < 4.78 is 0. The van der Waals surface area contributed by atoms with Gasteiger partial charge in [0.25, 0.3) is 0 Å². The summed E-state index contributed by atoms with van der Waals surface area (Å²) in [6.45, 7) is 0. The van der Waals surface area contributed by atoms with Crippen LogP contribution in [0.2, 0.25) is 0 Å². The molecule has 0 unspecified atom stereocenters. The van der Waals surface area contributed by atoms with E-state index in [1.807, 2.05) is 0 Å². The highest BCUT2D eigenvalue weighted by molar-refractivity contribution is 5.93. The van der Waals surface area contributed by atoms with Gasteiger partial charge in [-0.25, -0.2) is 0 Å². The van der Waals surface area contributed by atoms with Gasteiger partial charge in [0.15, 0.2) is 0 Å². The molecule has 3 heteroatoms. The Morgan fingerprint density at radius 1 is 0.952 bits per heavy atom. The van der Waals surface area contributed by atoms with Crippen LogP contribution in [-0.2, 0) is 12.8 Å². The van der Waals surface area contributed by atoms with Crippen molar-refractivity contribution in [1.82, 2.24) is 4.98 Å². The lowest BCUT2D eigenvalue weighted by Crippen LogP contribution is -2.18. The van der Waals surface area contributed by atoms with Gasteiger partial charge in [-0.2, -0.15) is 0 Å². The molecular formula is C18H23ClN2. The summed E-state index contributed by atoms with van der Waals surface area (Å²) in [4.78, 5) is 4.91. The van der Waals surface area contributed by atoms with E-state index in [2.05, 4.69) is 29.6 Å². The molecule has 0 saturated heterocycles. The van der Waals surface area contributed by atoms with E-state index < -0.39 is 0 Å². The Bertz CT molecular complexity index is 632. The Balaban J connectivity index is 0.00000132. The van der Waals surface area contributed by atoms with Crippen LogP contribution < -0.4 is 5.32 Å². The molecule has 1 N–H and O–H groups in total. The molecule has 1 aromatic heterocycles. The zero-order valence-corrected chi connectivity index (χ0v) is 13.2. The third-order valence-corrected chi connectivity index (χ3v) is 4.87. The number of fused-ring (bicyclic) bond motifs is 2. The Hall–Kier alpha value is -1.28. The fraction of sp³-hybridized carbons (Fsp3) is 0.500. The number of anilines is 1. The van der Waals surface area contributed by atoms with Crippen LogP contribution in [0, 0.1) is 0 Å². The average Bonchev–Trinajstić information content (AvgIpc) is 3.00. The van der Waals surface area contributed by atoms with Gasteiger partial charge < -0.3 is 5.32 Å². The highest BCUT2D eigenvalue weighted by Crippen LogP contribution is 2.35. The van der Waals surface area contributed by atoms with Crippen molar-refractivity contribution in [2.45, 2.75) is 57.4 Å². The van der Waals surface area contributed by atoms with Crippen LogP contribution in [0.4, 0.5) is 5.69 Å². The smallest absolute Gasteiger partial charge is 0.0726 e. The first-order valence-corrected chi connectivity index (χ1v) is 8.09. The van der Waals surface area contributed by atoms with Gasteiger partial charge in [0.2, 0.25) is 0 Å². The molecule has 2 nitrogen and oxygen atoms in total. The fourth-order valence-electron chi connectivity index (χ4n) is 3.81. The molecule has 2 aliphatic rings. The molecular weight excluding hydrogens is 280 g/mol. The number of aryl methyl sites for hydroxylation is 1. The molecule has 1 fully saturated rings. The van der Waals surface area contributed by atoms with Crippen molar-refractivity contribution in [3.63, 3.8) is 0 Å². The van der Waals surface area contributed by atoms with Crippen LogP contribution in [0.3, 0.4) is 0 Å².